The van der Waals surface area contributed by atoms with Crippen LogP contribution in [-0.4, -0.2) is 37.3 Å². The van der Waals surface area contributed by atoms with E-state index in [9.17, 15) is 13.2 Å². The third-order valence-electron chi connectivity index (χ3n) is 5.82. The van der Waals surface area contributed by atoms with Crippen molar-refractivity contribution in [1.82, 2.24) is 9.62 Å². The summed E-state index contributed by atoms with van der Waals surface area (Å²) >= 11 is 3.35. The van der Waals surface area contributed by atoms with Gasteiger partial charge in [-0.05, 0) is 62.4 Å². The predicted octanol–water partition coefficient (Wildman–Crippen LogP) is 4.91. The molecule has 1 atom stereocenters. The fourth-order valence-corrected chi connectivity index (χ4v) is 5.99. The molecule has 0 radical (unpaired) electrons. The first kappa shape index (κ1) is 24.0. The molecule has 0 saturated heterocycles. The second-order valence-corrected chi connectivity index (χ2v) is 11.1. The van der Waals surface area contributed by atoms with Crippen LogP contribution < -0.4 is 5.32 Å². The van der Waals surface area contributed by atoms with Crippen molar-refractivity contribution in [3.63, 3.8) is 0 Å². The third kappa shape index (κ3) is 6.89. The Morgan fingerprint density at radius 1 is 1.06 bits per heavy atom. The van der Waals surface area contributed by atoms with E-state index in [1.54, 1.807) is 24.3 Å². The van der Waals surface area contributed by atoms with Crippen LogP contribution in [0.3, 0.4) is 0 Å². The topological polar surface area (TPSA) is 66.5 Å². The molecule has 5 nitrogen and oxygen atoms in total. The van der Waals surface area contributed by atoms with Crippen LogP contribution in [-0.2, 0) is 21.2 Å². The molecule has 2 aromatic carbocycles. The number of hydrogen-bond acceptors (Lipinski definition) is 3. The van der Waals surface area contributed by atoms with Crippen molar-refractivity contribution < 1.29 is 13.2 Å². The van der Waals surface area contributed by atoms with Crippen LogP contribution in [0.5, 0.6) is 0 Å². The lowest BCUT2D eigenvalue weighted by molar-refractivity contribution is -0.122. The Bertz CT molecular complexity index is 943. The Labute approximate surface area is 194 Å². The van der Waals surface area contributed by atoms with Crippen LogP contribution in [0, 0.1) is 0 Å². The molecule has 3 rings (SSSR count). The van der Waals surface area contributed by atoms with Gasteiger partial charge in [-0.25, -0.2) is 8.42 Å². The summed E-state index contributed by atoms with van der Waals surface area (Å²) in [6.45, 7) is 1.83. The highest BCUT2D eigenvalue weighted by molar-refractivity contribution is 9.10. The van der Waals surface area contributed by atoms with Crippen molar-refractivity contribution in [3.8, 4) is 0 Å². The number of carbonyl (C=O) groups excluding carboxylic acids is 1. The zero-order valence-electron chi connectivity index (χ0n) is 18.0. The maximum atomic E-state index is 13.4. The number of carbonyl (C=O) groups is 1. The molecule has 0 spiro atoms. The standard InChI is InChI=1S/C24H31BrN2O3S/c1-19(12-13-20-8-4-2-5-9-20)26-24(28)18-27(22-10-6-3-7-11-22)31(29,30)23-16-14-21(25)15-17-23/h2,4-5,8-9,14-17,19,22H,3,6-7,10-13,18H2,1H3,(H,26,28)/t19-/m1/s1. The highest BCUT2D eigenvalue weighted by atomic mass is 79.9. The van der Waals surface area contributed by atoms with Gasteiger partial charge in [0.25, 0.3) is 0 Å². The molecule has 168 valence electrons. The SMILES string of the molecule is C[C@H](CCc1ccccc1)NC(=O)CN(C1CCCCC1)S(=O)(=O)c1ccc(Br)cc1. The van der Waals surface area contributed by atoms with E-state index in [-0.39, 0.29) is 29.4 Å². The van der Waals surface area contributed by atoms with Crippen molar-refractivity contribution >= 4 is 31.9 Å². The number of aryl methyl sites for hydroxylation is 1. The molecule has 0 unspecified atom stereocenters. The average molecular weight is 507 g/mol. The lowest BCUT2D eigenvalue weighted by Gasteiger charge is -2.33. The van der Waals surface area contributed by atoms with Crippen LogP contribution in [0.1, 0.15) is 51.0 Å². The van der Waals surface area contributed by atoms with E-state index in [0.717, 1.165) is 49.4 Å². The quantitative estimate of drug-likeness (QED) is 0.525. The molecule has 1 fully saturated rings. The minimum atomic E-state index is -3.75. The van der Waals surface area contributed by atoms with Crippen molar-refractivity contribution in [3.05, 3.63) is 64.6 Å². The number of sulfonamides is 1. The van der Waals surface area contributed by atoms with Gasteiger partial charge in [-0.3, -0.25) is 4.79 Å². The van der Waals surface area contributed by atoms with Gasteiger partial charge >= 0.3 is 0 Å². The maximum Gasteiger partial charge on any atom is 0.243 e. The zero-order valence-corrected chi connectivity index (χ0v) is 20.4. The van der Waals surface area contributed by atoms with Crippen molar-refractivity contribution in [2.24, 2.45) is 0 Å². The number of nitrogens with one attached hydrogen (secondary N) is 1. The number of nitrogens with zero attached hydrogens (tertiary/aromatic N) is 1. The molecule has 0 aliphatic heterocycles. The van der Waals surface area contributed by atoms with Crippen molar-refractivity contribution in [2.45, 2.75) is 68.8 Å². The maximum absolute atomic E-state index is 13.4. The summed E-state index contributed by atoms with van der Waals surface area (Å²) in [6, 6.07) is 16.6. The van der Waals surface area contributed by atoms with Gasteiger partial charge in [0.15, 0.2) is 0 Å². The van der Waals surface area contributed by atoms with E-state index >= 15 is 0 Å². The number of hydrogen-bond donors (Lipinski definition) is 1. The molecule has 0 aromatic heterocycles. The molecule has 31 heavy (non-hydrogen) atoms. The van der Waals surface area contributed by atoms with Crippen LogP contribution in [0.4, 0.5) is 0 Å². The van der Waals surface area contributed by atoms with E-state index in [1.807, 2.05) is 25.1 Å². The Morgan fingerprint density at radius 3 is 2.35 bits per heavy atom. The molecule has 0 heterocycles. The van der Waals surface area contributed by atoms with Crippen LogP contribution in [0.2, 0.25) is 0 Å². The Kier molecular flexibility index (Phi) is 8.69. The first-order valence-electron chi connectivity index (χ1n) is 11.0. The van der Waals surface area contributed by atoms with E-state index < -0.39 is 10.0 Å². The minimum absolute atomic E-state index is 0.0312. The van der Waals surface area contributed by atoms with Gasteiger partial charge in [0.1, 0.15) is 0 Å². The lowest BCUT2D eigenvalue weighted by atomic mass is 9.95. The van der Waals surface area contributed by atoms with Gasteiger partial charge in [-0.2, -0.15) is 4.31 Å². The number of benzene rings is 2. The Hall–Kier alpha value is -1.70. The van der Waals surface area contributed by atoms with Gasteiger partial charge < -0.3 is 5.32 Å². The van der Waals surface area contributed by atoms with Crippen LogP contribution in [0.15, 0.2) is 64.0 Å². The summed E-state index contributed by atoms with van der Waals surface area (Å²) in [4.78, 5) is 13.1. The highest BCUT2D eigenvalue weighted by Crippen LogP contribution is 2.28. The molecular weight excluding hydrogens is 476 g/mol. The second-order valence-electron chi connectivity index (χ2n) is 8.29. The Balaban J connectivity index is 1.67. The van der Waals surface area contributed by atoms with Crippen LogP contribution >= 0.6 is 15.9 Å². The second kappa shape index (κ2) is 11.2. The number of halogens is 1. The summed E-state index contributed by atoms with van der Waals surface area (Å²) in [6.07, 6.45) is 6.37. The fourth-order valence-electron chi connectivity index (χ4n) is 4.08. The summed E-state index contributed by atoms with van der Waals surface area (Å²) in [5.74, 6) is -0.244. The predicted molar refractivity (Wildman–Crippen MR) is 127 cm³/mol. The number of amides is 1. The van der Waals surface area contributed by atoms with Gasteiger partial charge in [0.05, 0.1) is 11.4 Å². The lowest BCUT2D eigenvalue weighted by Crippen LogP contribution is -2.48. The van der Waals surface area contributed by atoms with E-state index in [2.05, 4.69) is 33.4 Å². The molecule has 1 N–H and O–H groups in total. The molecule has 1 amide bonds. The van der Waals surface area contributed by atoms with E-state index in [4.69, 9.17) is 0 Å². The molecule has 1 saturated carbocycles. The first-order chi connectivity index (χ1) is 14.9. The monoisotopic (exact) mass is 506 g/mol. The summed E-state index contributed by atoms with van der Waals surface area (Å²) in [7, 11) is -3.75. The van der Waals surface area contributed by atoms with Crippen molar-refractivity contribution in [1.29, 1.82) is 0 Å². The van der Waals surface area contributed by atoms with Gasteiger partial charge in [-0.15, -0.1) is 0 Å². The molecular formula is C24H31BrN2O3S. The van der Waals surface area contributed by atoms with Gasteiger partial charge in [0.2, 0.25) is 15.9 Å². The molecule has 1 aliphatic carbocycles. The zero-order chi connectivity index (χ0) is 22.3. The van der Waals surface area contributed by atoms with E-state index in [1.165, 1.54) is 9.87 Å². The van der Waals surface area contributed by atoms with Gasteiger partial charge in [-0.1, -0.05) is 65.5 Å². The summed E-state index contributed by atoms with van der Waals surface area (Å²) in [5, 5.41) is 3.00. The largest absolute Gasteiger partial charge is 0.352 e. The molecule has 7 heteroatoms. The number of rotatable bonds is 9. The third-order valence-corrected chi connectivity index (χ3v) is 8.26. The van der Waals surface area contributed by atoms with Crippen LogP contribution in [0.25, 0.3) is 0 Å². The molecule has 1 aliphatic rings. The van der Waals surface area contributed by atoms with Crippen molar-refractivity contribution in [2.75, 3.05) is 6.54 Å². The smallest absolute Gasteiger partial charge is 0.243 e. The Morgan fingerprint density at radius 2 is 1.71 bits per heavy atom. The summed E-state index contributed by atoms with van der Waals surface area (Å²) < 4.78 is 29.1. The molecule has 2 aromatic rings. The fraction of sp³-hybridized carbons (Fsp3) is 0.458. The summed E-state index contributed by atoms with van der Waals surface area (Å²) in [5.41, 5.74) is 1.23. The average Bonchev–Trinajstić information content (AvgIpc) is 2.77. The van der Waals surface area contributed by atoms with Gasteiger partial charge in [0, 0.05) is 16.6 Å². The van der Waals surface area contributed by atoms with E-state index in [0.29, 0.717) is 0 Å². The normalized spacial score (nSPS) is 16.2. The highest BCUT2D eigenvalue weighted by Gasteiger charge is 2.34. The first-order valence-corrected chi connectivity index (χ1v) is 13.2. The molecule has 0 bridgehead atoms. The minimum Gasteiger partial charge on any atom is -0.352 e.